The van der Waals surface area contributed by atoms with Gasteiger partial charge in [-0.25, -0.2) is 4.79 Å². The average Bonchev–Trinajstić information content (AvgIpc) is 2.40. The fourth-order valence-corrected chi connectivity index (χ4v) is 1.46. The van der Waals surface area contributed by atoms with E-state index in [-0.39, 0.29) is 6.10 Å². The van der Waals surface area contributed by atoms with E-state index in [0.29, 0.717) is 5.57 Å². The zero-order valence-electron chi connectivity index (χ0n) is 13.7. The van der Waals surface area contributed by atoms with Crippen LogP contribution in [-0.2, 0) is 14.6 Å². The molecule has 118 valence electrons. The third-order valence-corrected chi connectivity index (χ3v) is 2.60. The largest absolute Gasteiger partial charge is 0.368 e. The van der Waals surface area contributed by atoms with E-state index in [1.54, 1.807) is 13.0 Å². The Morgan fingerprint density at radius 1 is 1.20 bits per heavy atom. The lowest BCUT2D eigenvalue weighted by Crippen LogP contribution is -2.13. The van der Waals surface area contributed by atoms with Crippen LogP contribution in [0.2, 0.25) is 0 Å². The Balaban J connectivity index is 0. The maximum atomic E-state index is 11.0. The molecule has 0 heterocycles. The minimum Gasteiger partial charge on any atom is -0.293 e. The van der Waals surface area contributed by atoms with Gasteiger partial charge in [-0.3, -0.25) is 4.89 Å². The number of hydrogen-bond acceptors (Lipinski definition) is 3. The van der Waals surface area contributed by atoms with Gasteiger partial charge in [-0.15, -0.1) is 6.58 Å². The molecule has 0 aliphatic heterocycles. The molecule has 0 spiro atoms. The van der Waals surface area contributed by atoms with Crippen molar-refractivity contribution in [3.63, 3.8) is 0 Å². The molecule has 3 heteroatoms. The Labute approximate surface area is 125 Å². The Morgan fingerprint density at radius 3 is 2.20 bits per heavy atom. The van der Waals surface area contributed by atoms with Gasteiger partial charge >= 0.3 is 5.97 Å². The summed E-state index contributed by atoms with van der Waals surface area (Å²) in [7, 11) is 0. The molecule has 3 nitrogen and oxygen atoms in total. The van der Waals surface area contributed by atoms with Gasteiger partial charge in [-0.2, -0.15) is 4.89 Å². The Morgan fingerprint density at radius 2 is 1.70 bits per heavy atom. The number of carbonyl (C=O) groups is 1. The van der Waals surface area contributed by atoms with Crippen LogP contribution in [0.15, 0.2) is 24.8 Å². The van der Waals surface area contributed by atoms with Gasteiger partial charge in [0.25, 0.3) is 0 Å². The first-order valence-electron chi connectivity index (χ1n) is 7.59. The van der Waals surface area contributed by atoms with Crippen molar-refractivity contribution < 1.29 is 14.6 Å². The molecule has 1 unspecified atom stereocenters. The standard InChI is InChI=1S/C14H26O3.C3H6/c1-5-6-7-8-9-10-11-13(4)16-17-14(15)12(2)3;1-3-2/h13H,2,5-11H2,1,3-4H3;3H,1H2,2H3. The zero-order chi connectivity index (χ0) is 15.8. The van der Waals surface area contributed by atoms with Crippen LogP contribution in [0.4, 0.5) is 0 Å². The summed E-state index contributed by atoms with van der Waals surface area (Å²) in [5.74, 6) is -0.486. The van der Waals surface area contributed by atoms with Crippen LogP contribution in [0.1, 0.15) is 72.6 Å². The molecule has 0 saturated carbocycles. The summed E-state index contributed by atoms with van der Waals surface area (Å²) in [6, 6.07) is 0. The molecule has 0 bridgehead atoms. The highest BCUT2D eigenvalue weighted by Gasteiger charge is 2.08. The van der Waals surface area contributed by atoms with E-state index in [4.69, 9.17) is 4.89 Å². The lowest BCUT2D eigenvalue weighted by Gasteiger charge is -2.10. The van der Waals surface area contributed by atoms with Gasteiger partial charge in [0.2, 0.25) is 0 Å². The summed E-state index contributed by atoms with van der Waals surface area (Å²) in [6.45, 7) is 14.5. The minimum absolute atomic E-state index is 0.0375. The van der Waals surface area contributed by atoms with Crippen LogP contribution < -0.4 is 0 Å². The molecular weight excluding hydrogens is 252 g/mol. The summed E-state index contributed by atoms with van der Waals surface area (Å²) in [5.41, 5.74) is 0.358. The number of carbonyl (C=O) groups excluding carboxylic acids is 1. The van der Waals surface area contributed by atoms with Crippen molar-refractivity contribution in [1.82, 2.24) is 0 Å². The predicted octanol–water partition coefficient (Wildman–Crippen LogP) is 5.37. The summed E-state index contributed by atoms with van der Waals surface area (Å²) < 4.78 is 0. The highest BCUT2D eigenvalue weighted by atomic mass is 17.2. The predicted molar refractivity (Wildman–Crippen MR) is 85.3 cm³/mol. The fourth-order valence-electron chi connectivity index (χ4n) is 1.46. The first-order valence-corrected chi connectivity index (χ1v) is 7.59. The van der Waals surface area contributed by atoms with Gasteiger partial charge < -0.3 is 0 Å². The number of hydrogen-bond donors (Lipinski definition) is 0. The second-order valence-electron chi connectivity index (χ2n) is 5.02. The SMILES string of the molecule is C=C(C)C(=O)OOC(C)CCCCCCCC.C=CC. The van der Waals surface area contributed by atoms with E-state index in [0.717, 1.165) is 12.8 Å². The van der Waals surface area contributed by atoms with Crippen LogP contribution in [-0.4, -0.2) is 12.1 Å². The lowest BCUT2D eigenvalue weighted by molar-refractivity contribution is -0.292. The third kappa shape index (κ3) is 16.9. The minimum atomic E-state index is -0.486. The van der Waals surface area contributed by atoms with Crippen molar-refractivity contribution in [2.45, 2.75) is 78.7 Å². The highest BCUT2D eigenvalue weighted by molar-refractivity contribution is 5.86. The highest BCUT2D eigenvalue weighted by Crippen LogP contribution is 2.10. The normalized spacial score (nSPS) is 11.0. The molecule has 1 atom stereocenters. The Bertz CT molecular complexity index is 259. The molecule has 0 fully saturated rings. The molecule has 0 aromatic rings. The van der Waals surface area contributed by atoms with Crippen LogP contribution in [0.25, 0.3) is 0 Å². The van der Waals surface area contributed by atoms with Crippen molar-refractivity contribution >= 4 is 5.97 Å². The Kier molecular flexibility index (Phi) is 16.9. The molecule has 0 aromatic heterocycles. The lowest BCUT2D eigenvalue weighted by atomic mass is 10.1. The summed E-state index contributed by atoms with van der Waals surface area (Å²) in [5, 5.41) is 0. The van der Waals surface area contributed by atoms with Gasteiger partial charge in [-0.1, -0.05) is 58.1 Å². The maximum absolute atomic E-state index is 11.0. The van der Waals surface area contributed by atoms with Crippen molar-refractivity contribution in [3.8, 4) is 0 Å². The van der Waals surface area contributed by atoms with Crippen molar-refractivity contribution in [2.75, 3.05) is 0 Å². The number of allylic oxidation sites excluding steroid dienone is 1. The van der Waals surface area contributed by atoms with Gasteiger partial charge in [-0.05, 0) is 27.2 Å². The quantitative estimate of drug-likeness (QED) is 0.178. The van der Waals surface area contributed by atoms with Crippen molar-refractivity contribution in [3.05, 3.63) is 24.8 Å². The monoisotopic (exact) mass is 284 g/mol. The number of rotatable bonds is 10. The van der Waals surface area contributed by atoms with E-state index in [2.05, 4.69) is 25.0 Å². The smallest absolute Gasteiger partial charge is 0.293 e. The second-order valence-corrected chi connectivity index (χ2v) is 5.02. The van der Waals surface area contributed by atoms with Gasteiger partial charge in [0.05, 0.1) is 0 Å². The van der Waals surface area contributed by atoms with Crippen LogP contribution in [0.3, 0.4) is 0 Å². The molecule has 0 rings (SSSR count). The number of unbranched alkanes of at least 4 members (excludes halogenated alkanes) is 5. The van der Waals surface area contributed by atoms with Crippen molar-refractivity contribution in [1.29, 1.82) is 0 Å². The van der Waals surface area contributed by atoms with Crippen LogP contribution in [0.5, 0.6) is 0 Å². The fraction of sp³-hybridized carbons (Fsp3) is 0.706. The summed E-state index contributed by atoms with van der Waals surface area (Å²) >= 11 is 0. The van der Waals surface area contributed by atoms with Gasteiger partial charge in [0.15, 0.2) is 0 Å². The third-order valence-electron chi connectivity index (χ3n) is 2.60. The van der Waals surface area contributed by atoms with Crippen LogP contribution in [0, 0.1) is 0 Å². The van der Waals surface area contributed by atoms with E-state index in [1.807, 2.05) is 13.8 Å². The molecular formula is C17H32O3. The molecule has 0 saturated heterocycles. The molecule has 0 aromatic carbocycles. The maximum Gasteiger partial charge on any atom is 0.368 e. The average molecular weight is 284 g/mol. The van der Waals surface area contributed by atoms with E-state index >= 15 is 0 Å². The molecule has 0 N–H and O–H groups in total. The zero-order valence-corrected chi connectivity index (χ0v) is 13.7. The summed E-state index contributed by atoms with van der Waals surface area (Å²) in [6.07, 6.45) is 10.2. The van der Waals surface area contributed by atoms with E-state index in [1.165, 1.54) is 32.1 Å². The first kappa shape index (κ1) is 21.2. The molecule has 20 heavy (non-hydrogen) atoms. The molecule has 0 aliphatic rings. The second kappa shape index (κ2) is 16.0. The Hall–Kier alpha value is -1.09. The molecule has 0 radical (unpaired) electrons. The van der Waals surface area contributed by atoms with Crippen LogP contribution >= 0.6 is 0 Å². The van der Waals surface area contributed by atoms with Crippen molar-refractivity contribution in [2.24, 2.45) is 0 Å². The van der Waals surface area contributed by atoms with Gasteiger partial charge in [0, 0.05) is 5.57 Å². The summed E-state index contributed by atoms with van der Waals surface area (Å²) in [4.78, 5) is 20.7. The topological polar surface area (TPSA) is 35.5 Å². The first-order chi connectivity index (χ1) is 9.49. The molecule has 0 aliphatic carbocycles. The van der Waals surface area contributed by atoms with Gasteiger partial charge in [0.1, 0.15) is 6.10 Å². The molecule has 0 amide bonds. The van der Waals surface area contributed by atoms with E-state index < -0.39 is 5.97 Å². The van der Waals surface area contributed by atoms with E-state index in [9.17, 15) is 4.79 Å².